The van der Waals surface area contributed by atoms with Gasteiger partial charge in [-0.05, 0) is 24.0 Å². The predicted molar refractivity (Wildman–Crippen MR) is 64.0 cm³/mol. The third-order valence-electron chi connectivity index (χ3n) is 2.05. The molecule has 2 aromatic rings. The van der Waals surface area contributed by atoms with Gasteiger partial charge in [-0.3, -0.25) is 0 Å². The van der Waals surface area contributed by atoms with Gasteiger partial charge in [-0.1, -0.05) is 29.8 Å². The predicted octanol–water partition coefficient (Wildman–Crippen LogP) is 3.75. The van der Waals surface area contributed by atoms with Crippen LogP contribution in [0.4, 0.5) is 0 Å². The Balaban J connectivity index is 2.59. The van der Waals surface area contributed by atoms with Crippen molar-refractivity contribution in [1.82, 2.24) is 4.98 Å². The lowest BCUT2D eigenvalue weighted by Crippen LogP contribution is -1.87. The van der Waals surface area contributed by atoms with Crippen molar-refractivity contribution >= 4 is 34.3 Å². The fourth-order valence-electron chi connectivity index (χ4n) is 1.39. The highest BCUT2D eigenvalue weighted by Gasteiger charge is 2.03. The Kier molecular flexibility index (Phi) is 2.94. The van der Waals surface area contributed by atoms with Crippen molar-refractivity contribution in [3.05, 3.63) is 41.0 Å². The molecule has 0 fully saturated rings. The van der Waals surface area contributed by atoms with Crippen LogP contribution in [-0.2, 0) is 5.75 Å². The highest BCUT2D eigenvalue weighted by Crippen LogP contribution is 2.23. The molecule has 0 spiro atoms. The smallest absolute Gasteiger partial charge is 0.133 e. The Morgan fingerprint density at radius 2 is 2.14 bits per heavy atom. The monoisotopic (exact) mass is 223 g/mol. The van der Waals surface area contributed by atoms with E-state index in [0.29, 0.717) is 5.15 Å². The Labute approximate surface area is 92.5 Å². The molecule has 0 aliphatic heterocycles. The summed E-state index contributed by atoms with van der Waals surface area (Å²) in [5.74, 6) is 0.913. The molecule has 0 unspecified atom stereocenters. The van der Waals surface area contributed by atoms with E-state index in [4.69, 9.17) is 11.6 Å². The molecule has 1 heterocycles. The van der Waals surface area contributed by atoms with Crippen molar-refractivity contribution in [2.45, 2.75) is 5.75 Å². The summed E-state index contributed by atoms with van der Waals surface area (Å²) in [6.07, 6.45) is 2.06. The molecule has 0 bridgehead atoms. The summed E-state index contributed by atoms with van der Waals surface area (Å²) in [6, 6.07) is 10.1. The van der Waals surface area contributed by atoms with Gasteiger partial charge in [-0.25, -0.2) is 4.98 Å². The average Bonchev–Trinajstić information content (AvgIpc) is 2.19. The standard InChI is InChI=1S/C11H10ClNS/c1-14-7-9-6-8-4-2-3-5-10(8)13-11(9)12/h2-6H,7H2,1H3. The van der Waals surface area contributed by atoms with E-state index in [1.165, 1.54) is 0 Å². The van der Waals surface area contributed by atoms with Crippen LogP contribution in [-0.4, -0.2) is 11.2 Å². The Hall–Kier alpha value is -0.730. The van der Waals surface area contributed by atoms with Gasteiger partial charge in [0, 0.05) is 11.1 Å². The molecular weight excluding hydrogens is 214 g/mol. The van der Waals surface area contributed by atoms with E-state index in [1.807, 2.05) is 18.2 Å². The summed E-state index contributed by atoms with van der Waals surface area (Å²) in [6.45, 7) is 0. The van der Waals surface area contributed by atoms with Crippen molar-refractivity contribution < 1.29 is 0 Å². The highest BCUT2D eigenvalue weighted by atomic mass is 35.5. The molecule has 0 radical (unpaired) electrons. The number of fused-ring (bicyclic) bond motifs is 1. The second kappa shape index (κ2) is 4.20. The van der Waals surface area contributed by atoms with Crippen LogP contribution in [0, 0.1) is 0 Å². The number of aromatic nitrogens is 1. The van der Waals surface area contributed by atoms with Gasteiger partial charge in [0.25, 0.3) is 0 Å². The lowest BCUT2D eigenvalue weighted by Gasteiger charge is -2.03. The highest BCUT2D eigenvalue weighted by molar-refractivity contribution is 7.97. The molecule has 0 aliphatic carbocycles. The topological polar surface area (TPSA) is 12.9 Å². The summed E-state index contributed by atoms with van der Waals surface area (Å²) in [7, 11) is 0. The molecule has 0 aliphatic rings. The third-order valence-corrected chi connectivity index (χ3v) is 2.98. The molecule has 0 amide bonds. The van der Waals surface area contributed by atoms with Crippen LogP contribution in [0.15, 0.2) is 30.3 Å². The molecule has 1 nitrogen and oxygen atoms in total. The normalized spacial score (nSPS) is 10.7. The number of benzene rings is 1. The molecule has 1 aromatic heterocycles. The number of hydrogen-bond donors (Lipinski definition) is 0. The van der Waals surface area contributed by atoms with Gasteiger partial charge in [0.05, 0.1) is 5.52 Å². The van der Waals surface area contributed by atoms with Crippen LogP contribution < -0.4 is 0 Å². The largest absolute Gasteiger partial charge is 0.236 e. The molecule has 0 saturated carbocycles. The molecule has 14 heavy (non-hydrogen) atoms. The summed E-state index contributed by atoms with van der Waals surface area (Å²) >= 11 is 7.81. The number of thioether (sulfide) groups is 1. The van der Waals surface area contributed by atoms with E-state index in [9.17, 15) is 0 Å². The molecule has 3 heteroatoms. The van der Waals surface area contributed by atoms with Gasteiger partial charge in [-0.15, -0.1) is 0 Å². The van der Waals surface area contributed by atoms with Gasteiger partial charge < -0.3 is 0 Å². The van der Waals surface area contributed by atoms with Gasteiger partial charge in [-0.2, -0.15) is 11.8 Å². The van der Waals surface area contributed by atoms with Crippen LogP contribution in [0.25, 0.3) is 10.9 Å². The summed E-state index contributed by atoms with van der Waals surface area (Å²) < 4.78 is 0. The van der Waals surface area contributed by atoms with Crippen LogP contribution in [0.2, 0.25) is 5.15 Å². The van der Waals surface area contributed by atoms with Crippen molar-refractivity contribution in [1.29, 1.82) is 0 Å². The number of halogens is 1. The first kappa shape index (κ1) is 9.81. The second-order valence-electron chi connectivity index (χ2n) is 3.06. The van der Waals surface area contributed by atoms with E-state index in [2.05, 4.69) is 23.4 Å². The van der Waals surface area contributed by atoms with E-state index in [-0.39, 0.29) is 0 Å². The molecule has 0 atom stereocenters. The van der Waals surface area contributed by atoms with Crippen molar-refractivity contribution in [3.8, 4) is 0 Å². The summed E-state index contributed by atoms with van der Waals surface area (Å²) in [4.78, 5) is 4.35. The van der Waals surface area contributed by atoms with Crippen LogP contribution >= 0.6 is 23.4 Å². The van der Waals surface area contributed by atoms with E-state index < -0.39 is 0 Å². The maximum atomic E-state index is 6.06. The van der Waals surface area contributed by atoms with Gasteiger partial charge in [0.1, 0.15) is 5.15 Å². The fraction of sp³-hybridized carbons (Fsp3) is 0.182. The first-order chi connectivity index (χ1) is 6.81. The third kappa shape index (κ3) is 1.86. The van der Waals surface area contributed by atoms with Crippen LogP contribution in [0.1, 0.15) is 5.56 Å². The van der Waals surface area contributed by atoms with Gasteiger partial charge in [0.2, 0.25) is 0 Å². The van der Waals surface area contributed by atoms with Crippen molar-refractivity contribution in [3.63, 3.8) is 0 Å². The minimum absolute atomic E-state index is 0.623. The minimum atomic E-state index is 0.623. The molecule has 72 valence electrons. The Bertz CT molecular complexity index is 456. The number of pyridine rings is 1. The number of rotatable bonds is 2. The summed E-state index contributed by atoms with van der Waals surface area (Å²) in [5.41, 5.74) is 2.07. The van der Waals surface area contributed by atoms with Crippen LogP contribution in [0.3, 0.4) is 0 Å². The maximum Gasteiger partial charge on any atom is 0.133 e. The van der Waals surface area contributed by atoms with Crippen molar-refractivity contribution in [2.24, 2.45) is 0 Å². The zero-order valence-corrected chi connectivity index (χ0v) is 9.40. The fourth-order valence-corrected chi connectivity index (χ4v) is 2.22. The second-order valence-corrected chi connectivity index (χ2v) is 4.29. The molecule has 1 aromatic carbocycles. The van der Waals surface area contributed by atoms with E-state index in [1.54, 1.807) is 11.8 Å². The van der Waals surface area contributed by atoms with Crippen molar-refractivity contribution in [2.75, 3.05) is 6.26 Å². The lowest BCUT2D eigenvalue weighted by molar-refractivity contribution is 1.31. The zero-order chi connectivity index (χ0) is 9.97. The van der Waals surface area contributed by atoms with Gasteiger partial charge in [0.15, 0.2) is 0 Å². The number of nitrogens with zero attached hydrogens (tertiary/aromatic N) is 1. The zero-order valence-electron chi connectivity index (χ0n) is 7.83. The molecule has 0 N–H and O–H groups in total. The number of para-hydroxylation sites is 1. The number of hydrogen-bond acceptors (Lipinski definition) is 2. The maximum absolute atomic E-state index is 6.06. The minimum Gasteiger partial charge on any atom is -0.236 e. The Morgan fingerprint density at radius 3 is 2.93 bits per heavy atom. The van der Waals surface area contributed by atoms with E-state index in [0.717, 1.165) is 22.2 Å². The van der Waals surface area contributed by atoms with Gasteiger partial charge >= 0.3 is 0 Å². The molecule has 2 rings (SSSR count). The molecular formula is C11H10ClNS. The van der Waals surface area contributed by atoms with E-state index >= 15 is 0 Å². The Morgan fingerprint density at radius 1 is 1.36 bits per heavy atom. The van der Waals surface area contributed by atoms with Crippen LogP contribution in [0.5, 0.6) is 0 Å². The first-order valence-corrected chi connectivity index (χ1v) is 6.11. The lowest BCUT2D eigenvalue weighted by atomic mass is 10.2. The average molecular weight is 224 g/mol. The molecule has 0 saturated heterocycles. The first-order valence-electron chi connectivity index (χ1n) is 4.34. The quantitative estimate of drug-likeness (QED) is 0.720. The summed E-state index contributed by atoms with van der Waals surface area (Å²) in [5, 5.41) is 1.78. The SMILES string of the molecule is CSCc1cc2ccccc2nc1Cl.